The maximum absolute atomic E-state index is 10.9. The first-order chi connectivity index (χ1) is 10.5. The zero-order valence-electron chi connectivity index (χ0n) is 11.5. The van der Waals surface area contributed by atoms with E-state index in [0.717, 1.165) is 4.90 Å². The first-order valence-corrected chi connectivity index (χ1v) is 6.21. The third-order valence-electron chi connectivity index (χ3n) is 2.85. The van der Waals surface area contributed by atoms with E-state index >= 15 is 0 Å². The molecule has 10 heteroatoms. The molecule has 0 fully saturated rings. The second kappa shape index (κ2) is 5.24. The van der Waals surface area contributed by atoms with Gasteiger partial charge in [0.2, 0.25) is 5.95 Å². The minimum atomic E-state index is -1.21. The van der Waals surface area contributed by atoms with Crippen LogP contribution in [0.4, 0.5) is 22.6 Å². The zero-order chi connectivity index (χ0) is 15.7. The Hall–Kier alpha value is -3.30. The average Bonchev–Trinajstić information content (AvgIpc) is 3.12. The van der Waals surface area contributed by atoms with E-state index in [9.17, 15) is 4.79 Å². The molecule has 3 rings (SSSR count). The van der Waals surface area contributed by atoms with Crippen molar-refractivity contribution < 1.29 is 18.7 Å². The lowest BCUT2D eigenvalue weighted by Gasteiger charge is -2.05. The largest absolute Gasteiger partial charge is 0.467 e. The molecule has 0 aliphatic carbocycles. The van der Waals surface area contributed by atoms with Gasteiger partial charge in [0.05, 0.1) is 12.8 Å². The molecule has 3 aromatic heterocycles. The summed E-state index contributed by atoms with van der Waals surface area (Å²) in [5, 5.41) is 11.9. The molecule has 1 amide bonds. The Morgan fingerprint density at radius 2 is 2.27 bits per heavy atom. The maximum Gasteiger partial charge on any atom is 0.415 e. The monoisotopic (exact) mass is 304 g/mol. The van der Waals surface area contributed by atoms with Gasteiger partial charge in [-0.15, -0.1) is 0 Å². The van der Waals surface area contributed by atoms with Crippen molar-refractivity contribution >= 4 is 35.1 Å². The highest BCUT2D eigenvalue weighted by molar-refractivity contribution is 5.88. The van der Waals surface area contributed by atoms with Gasteiger partial charge in [0, 0.05) is 7.05 Å². The number of carbonyl (C=O) groups is 1. The number of aromatic nitrogens is 3. The van der Waals surface area contributed by atoms with Gasteiger partial charge in [-0.2, -0.15) is 15.0 Å². The summed E-state index contributed by atoms with van der Waals surface area (Å²) in [6.07, 6.45) is 0.342. The molecule has 0 atom stereocenters. The summed E-state index contributed by atoms with van der Waals surface area (Å²) in [7, 11) is 1.31. The van der Waals surface area contributed by atoms with Crippen LogP contribution in [0.15, 0.2) is 27.2 Å². The van der Waals surface area contributed by atoms with E-state index in [-0.39, 0.29) is 23.2 Å². The molecule has 4 N–H and O–H groups in total. The van der Waals surface area contributed by atoms with Crippen LogP contribution >= 0.6 is 0 Å². The van der Waals surface area contributed by atoms with Gasteiger partial charge in [0.15, 0.2) is 11.3 Å². The predicted octanol–water partition coefficient (Wildman–Crippen LogP) is 1.52. The van der Waals surface area contributed by atoms with Gasteiger partial charge in [-0.25, -0.2) is 9.69 Å². The number of nitrogens with two attached hydrogens (primary N) is 1. The van der Waals surface area contributed by atoms with E-state index < -0.39 is 6.09 Å². The number of rotatable bonds is 4. The standard InChI is InChI=1S/C12H12N6O4/c1-18(12(19)20)11-15-7-8(14-5-6-3-2-4-21-6)16-10(13)17-9(7)22-11/h2-4H,5H2,1H3,(H,19,20)(H3,13,14,16,17). The first kappa shape index (κ1) is 13.7. The van der Waals surface area contributed by atoms with Crippen molar-refractivity contribution in [3.05, 3.63) is 24.2 Å². The van der Waals surface area contributed by atoms with Gasteiger partial charge in [-0.3, -0.25) is 0 Å². The van der Waals surface area contributed by atoms with Crippen LogP contribution in [0.25, 0.3) is 11.2 Å². The van der Waals surface area contributed by atoms with E-state index in [1.807, 2.05) is 0 Å². The topological polar surface area (TPSA) is 144 Å². The Balaban J connectivity index is 1.96. The van der Waals surface area contributed by atoms with E-state index in [1.54, 1.807) is 18.4 Å². The van der Waals surface area contributed by atoms with E-state index in [1.165, 1.54) is 7.05 Å². The number of oxazole rings is 1. The van der Waals surface area contributed by atoms with Crippen LogP contribution in [0.2, 0.25) is 0 Å². The minimum Gasteiger partial charge on any atom is -0.467 e. The fourth-order valence-electron chi connectivity index (χ4n) is 1.76. The van der Waals surface area contributed by atoms with Gasteiger partial charge < -0.3 is 25.0 Å². The van der Waals surface area contributed by atoms with E-state index in [4.69, 9.17) is 19.7 Å². The van der Waals surface area contributed by atoms with Crippen LogP contribution in [-0.4, -0.2) is 33.2 Å². The number of anilines is 3. The lowest BCUT2D eigenvalue weighted by molar-refractivity contribution is 0.202. The van der Waals surface area contributed by atoms with Gasteiger partial charge >= 0.3 is 12.1 Å². The van der Waals surface area contributed by atoms with Gasteiger partial charge in [0.25, 0.3) is 5.71 Å². The highest BCUT2D eigenvalue weighted by Gasteiger charge is 2.20. The summed E-state index contributed by atoms with van der Waals surface area (Å²) >= 11 is 0. The fourth-order valence-corrected chi connectivity index (χ4v) is 1.76. The minimum absolute atomic E-state index is 0.0184. The summed E-state index contributed by atoms with van der Waals surface area (Å²) in [5.41, 5.74) is 5.99. The summed E-state index contributed by atoms with van der Waals surface area (Å²) < 4.78 is 10.5. The second-order valence-electron chi connectivity index (χ2n) is 4.36. The van der Waals surface area contributed by atoms with Gasteiger partial charge in [-0.05, 0) is 12.1 Å². The van der Waals surface area contributed by atoms with E-state index in [0.29, 0.717) is 18.1 Å². The number of hydrogen-bond acceptors (Lipinski definition) is 8. The van der Waals surface area contributed by atoms with Crippen LogP contribution in [0.3, 0.4) is 0 Å². The third kappa shape index (κ3) is 2.49. The predicted molar refractivity (Wildman–Crippen MR) is 76.5 cm³/mol. The average molecular weight is 304 g/mol. The number of carboxylic acid groups (broad SMARTS) is 1. The number of nitrogen functional groups attached to an aromatic ring is 1. The highest BCUT2D eigenvalue weighted by Crippen LogP contribution is 2.26. The maximum atomic E-state index is 10.9. The van der Waals surface area contributed by atoms with Crippen molar-refractivity contribution in [2.24, 2.45) is 0 Å². The third-order valence-corrected chi connectivity index (χ3v) is 2.85. The number of amides is 1. The molecular formula is C12H12N6O4. The van der Waals surface area contributed by atoms with Crippen molar-refractivity contribution in [3.63, 3.8) is 0 Å². The number of hydrogen-bond donors (Lipinski definition) is 3. The Bertz CT molecular complexity index is 813. The molecule has 0 aliphatic rings. The zero-order valence-corrected chi connectivity index (χ0v) is 11.5. The van der Waals surface area contributed by atoms with Gasteiger partial charge in [-0.1, -0.05) is 0 Å². The molecule has 22 heavy (non-hydrogen) atoms. The summed E-state index contributed by atoms with van der Waals surface area (Å²) in [4.78, 5) is 23.8. The molecule has 3 aromatic rings. The SMILES string of the molecule is CN(C(=O)O)c1nc2c(NCc3ccco3)nc(N)nc2o1. The number of nitrogens with zero attached hydrogens (tertiary/aromatic N) is 4. The van der Waals surface area contributed by atoms with Gasteiger partial charge in [0.1, 0.15) is 5.76 Å². The van der Waals surface area contributed by atoms with Crippen LogP contribution in [0.5, 0.6) is 0 Å². The number of fused-ring (bicyclic) bond motifs is 1. The van der Waals surface area contributed by atoms with E-state index in [2.05, 4.69) is 20.3 Å². The van der Waals surface area contributed by atoms with Crippen LogP contribution < -0.4 is 16.0 Å². The number of furan rings is 1. The Morgan fingerprint density at radius 3 is 2.95 bits per heavy atom. The molecule has 0 radical (unpaired) electrons. The second-order valence-corrected chi connectivity index (χ2v) is 4.36. The van der Waals surface area contributed by atoms with Crippen molar-refractivity contribution in [3.8, 4) is 0 Å². The molecule has 114 valence electrons. The van der Waals surface area contributed by atoms with Crippen molar-refractivity contribution in [2.45, 2.75) is 6.54 Å². The fraction of sp³-hybridized carbons (Fsp3) is 0.167. The Morgan fingerprint density at radius 1 is 1.45 bits per heavy atom. The molecule has 0 bridgehead atoms. The molecule has 0 spiro atoms. The molecular weight excluding hydrogens is 292 g/mol. The van der Waals surface area contributed by atoms with Crippen molar-refractivity contribution in [2.75, 3.05) is 23.0 Å². The van der Waals surface area contributed by atoms with Crippen molar-refractivity contribution in [1.82, 2.24) is 15.0 Å². The molecule has 10 nitrogen and oxygen atoms in total. The summed E-state index contributed by atoms with van der Waals surface area (Å²) in [6, 6.07) is 3.43. The number of nitrogens with one attached hydrogen (secondary N) is 1. The van der Waals surface area contributed by atoms with Crippen LogP contribution in [-0.2, 0) is 6.54 Å². The van der Waals surface area contributed by atoms with Crippen molar-refractivity contribution in [1.29, 1.82) is 0 Å². The highest BCUT2D eigenvalue weighted by atomic mass is 16.4. The lowest BCUT2D eigenvalue weighted by Crippen LogP contribution is -2.23. The molecule has 3 heterocycles. The molecule has 0 saturated carbocycles. The summed E-state index contributed by atoms with van der Waals surface area (Å²) in [5.74, 6) is 1.000. The Labute approximate surface area is 123 Å². The van der Waals surface area contributed by atoms with Crippen LogP contribution in [0, 0.1) is 0 Å². The normalized spacial score (nSPS) is 10.8. The molecule has 0 saturated heterocycles. The molecule has 0 aromatic carbocycles. The van der Waals surface area contributed by atoms with Crippen LogP contribution in [0.1, 0.15) is 5.76 Å². The molecule has 0 unspecified atom stereocenters. The Kier molecular flexibility index (Phi) is 3.26. The molecule has 0 aliphatic heterocycles. The summed E-state index contributed by atoms with van der Waals surface area (Å²) in [6.45, 7) is 0.357. The lowest BCUT2D eigenvalue weighted by atomic mass is 10.4. The smallest absolute Gasteiger partial charge is 0.415 e. The quantitative estimate of drug-likeness (QED) is 0.653. The first-order valence-electron chi connectivity index (χ1n) is 6.21.